The number of fused-ring (bicyclic) bond motifs is 4. The molecule has 0 saturated carbocycles. The lowest BCUT2D eigenvalue weighted by molar-refractivity contribution is 0.118. The number of likely N-dealkylation sites (tertiary alicyclic amines) is 2. The van der Waals surface area contributed by atoms with Gasteiger partial charge in [0.2, 0.25) is 0 Å². The molecule has 2 aromatic carbocycles. The van der Waals surface area contributed by atoms with Gasteiger partial charge in [-0.3, -0.25) is 19.8 Å². The Kier molecular flexibility index (Phi) is 16.6. The highest BCUT2D eigenvalue weighted by Gasteiger charge is 2.32. The lowest BCUT2D eigenvalue weighted by atomic mass is 9.90. The smallest absolute Gasteiger partial charge is 0.124 e. The Morgan fingerprint density at radius 1 is 0.580 bits per heavy atom. The van der Waals surface area contributed by atoms with Crippen LogP contribution in [0.15, 0.2) is 85.2 Å². The maximum Gasteiger partial charge on any atom is 0.124 e. The SMILES string of the molecule is CC(C)CN(Cc1nc2ccccc2n1C[C@H]1CCCN(C(C)C)C1)C1CCCc2cccnc21.CC(C)N1CCC[C@H](Cn2c(CN(CCO)[C@H]3CCCc4cccnc43)nc3ccccc32)C1. The van der Waals surface area contributed by atoms with Crippen LogP contribution in [0.4, 0.5) is 0 Å². The molecule has 2 fully saturated rings. The van der Waals surface area contributed by atoms with E-state index in [4.69, 9.17) is 19.9 Å². The van der Waals surface area contributed by atoms with Crippen LogP contribution in [-0.2, 0) is 39.0 Å². The Morgan fingerprint density at radius 2 is 1.06 bits per heavy atom. The maximum atomic E-state index is 9.95. The van der Waals surface area contributed by atoms with Crippen LogP contribution in [0.25, 0.3) is 22.1 Å². The highest BCUT2D eigenvalue weighted by atomic mass is 16.3. The molecule has 4 atom stereocenters. The molecule has 6 heterocycles. The molecule has 0 radical (unpaired) electrons. The van der Waals surface area contributed by atoms with Gasteiger partial charge in [-0.2, -0.15) is 0 Å². The molecule has 4 aliphatic rings. The summed E-state index contributed by atoms with van der Waals surface area (Å²) in [6, 6.07) is 27.7. The first-order valence-electron chi connectivity index (χ1n) is 27.0. The zero-order valence-corrected chi connectivity index (χ0v) is 42.9. The second kappa shape index (κ2) is 23.1. The van der Waals surface area contributed by atoms with Crippen molar-refractivity contribution in [1.82, 2.24) is 48.7 Å². The van der Waals surface area contributed by atoms with Gasteiger partial charge in [-0.1, -0.05) is 50.2 Å². The third-order valence-electron chi connectivity index (χ3n) is 15.8. The van der Waals surface area contributed by atoms with E-state index in [9.17, 15) is 5.11 Å². The summed E-state index contributed by atoms with van der Waals surface area (Å²) in [5.74, 6) is 4.24. The van der Waals surface area contributed by atoms with E-state index in [1.807, 2.05) is 18.5 Å². The number of aliphatic hydroxyl groups is 1. The fourth-order valence-corrected chi connectivity index (χ4v) is 12.3. The van der Waals surface area contributed by atoms with Crippen LogP contribution < -0.4 is 0 Å². The van der Waals surface area contributed by atoms with E-state index in [1.165, 1.54) is 97.5 Å². The number of aromatic nitrogens is 6. The molecule has 10 rings (SSSR count). The number of hydrogen-bond donors (Lipinski definition) is 1. The van der Waals surface area contributed by atoms with Crippen LogP contribution in [0.2, 0.25) is 0 Å². The molecule has 1 N–H and O–H groups in total. The lowest BCUT2D eigenvalue weighted by Crippen LogP contribution is -2.41. The third-order valence-corrected chi connectivity index (χ3v) is 15.8. The number of imidazole rings is 2. The third kappa shape index (κ3) is 11.8. The molecule has 2 aliphatic heterocycles. The van der Waals surface area contributed by atoms with E-state index in [1.54, 1.807) is 0 Å². The number of aryl methyl sites for hydroxylation is 2. The van der Waals surface area contributed by atoms with Crippen LogP contribution in [-0.4, -0.2) is 112 Å². The molecule has 0 bridgehead atoms. The van der Waals surface area contributed by atoms with Crippen molar-refractivity contribution in [3.05, 3.63) is 119 Å². The molecule has 2 saturated heterocycles. The monoisotopic (exact) mass is 935 g/mol. The predicted molar refractivity (Wildman–Crippen MR) is 281 cm³/mol. The molecule has 0 amide bonds. The fourth-order valence-electron chi connectivity index (χ4n) is 12.3. The van der Waals surface area contributed by atoms with E-state index in [-0.39, 0.29) is 12.6 Å². The number of benzene rings is 2. The van der Waals surface area contributed by atoms with Gasteiger partial charge in [-0.25, -0.2) is 9.97 Å². The maximum absolute atomic E-state index is 9.95. The zero-order valence-electron chi connectivity index (χ0n) is 42.9. The average Bonchev–Trinajstić information content (AvgIpc) is 3.89. The summed E-state index contributed by atoms with van der Waals surface area (Å²) in [5.41, 5.74) is 9.98. The quantitative estimate of drug-likeness (QED) is 0.102. The summed E-state index contributed by atoms with van der Waals surface area (Å²) < 4.78 is 5.02. The van der Waals surface area contributed by atoms with Crippen molar-refractivity contribution in [3.8, 4) is 0 Å². The van der Waals surface area contributed by atoms with Gasteiger partial charge in [0.15, 0.2) is 0 Å². The second-order valence-electron chi connectivity index (χ2n) is 21.9. The van der Waals surface area contributed by atoms with Crippen LogP contribution in [0.1, 0.15) is 139 Å². The minimum Gasteiger partial charge on any atom is -0.395 e. The summed E-state index contributed by atoms with van der Waals surface area (Å²) >= 11 is 0. The van der Waals surface area contributed by atoms with Gasteiger partial charge >= 0.3 is 0 Å². The summed E-state index contributed by atoms with van der Waals surface area (Å²) in [4.78, 5) is 30.3. The summed E-state index contributed by atoms with van der Waals surface area (Å²) in [6.45, 7) is 24.3. The van der Waals surface area contributed by atoms with E-state index in [0.29, 0.717) is 42.4 Å². The van der Waals surface area contributed by atoms with E-state index >= 15 is 0 Å². The fraction of sp³-hybridized carbons (Fsp3) is 0.586. The molecule has 11 heteroatoms. The average molecular weight is 935 g/mol. The first-order chi connectivity index (χ1) is 33.6. The number of pyridine rings is 2. The van der Waals surface area contributed by atoms with Gasteiger partial charge in [0, 0.05) is 63.7 Å². The van der Waals surface area contributed by atoms with Crippen molar-refractivity contribution in [2.45, 2.75) is 156 Å². The van der Waals surface area contributed by atoms with Gasteiger partial charge in [0.1, 0.15) is 11.6 Å². The Labute approximate surface area is 413 Å². The van der Waals surface area contributed by atoms with Crippen molar-refractivity contribution < 1.29 is 5.11 Å². The highest BCUT2D eigenvalue weighted by molar-refractivity contribution is 5.76. The molecule has 4 aromatic heterocycles. The van der Waals surface area contributed by atoms with E-state index in [2.05, 4.69) is 137 Å². The summed E-state index contributed by atoms with van der Waals surface area (Å²) in [7, 11) is 0. The molecule has 370 valence electrons. The minimum absolute atomic E-state index is 0.144. The number of hydrogen-bond acceptors (Lipinski definition) is 9. The topological polar surface area (TPSA) is 94.6 Å². The zero-order chi connectivity index (χ0) is 47.9. The van der Waals surface area contributed by atoms with Gasteiger partial charge in [-0.05, 0) is 170 Å². The van der Waals surface area contributed by atoms with Gasteiger partial charge in [0.25, 0.3) is 0 Å². The highest BCUT2D eigenvalue weighted by Crippen LogP contribution is 2.37. The minimum atomic E-state index is 0.144. The molecule has 69 heavy (non-hydrogen) atoms. The molecular weight excluding hydrogens is 853 g/mol. The normalized spacial score (nSPS) is 21.4. The van der Waals surface area contributed by atoms with Crippen molar-refractivity contribution in [1.29, 1.82) is 0 Å². The summed E-state index contributed by atoms with van der Waals surface area (Å²) in [5, 5.41) is 9.95. The number of piperidine rings is 2. The Bertz CT molecular complexity index is 2560. The van der Waals surface area contributed by atoms with Crippen LogP contribution in [0.5, 0.6) is 0 Å². The van der Waals surface area contributed by atoms with Crippen molar-refractivity contribution >= 4 is 22.1 Å². The largest absolute Gasteiger partial charge is 0.395 e. The van der Waals surface area contributed by atoms with E-state index < -0.39 is 0 Å². The first-order valence-corrected chi connectivity index (χ1v) is 27.0. The van der Waals surface area contributed by atoms with E-state index in [0.717, 1.165) is 81.8 Å². The Morgan fingerprint density at radius 3 is 1.54 bits per heavy atom. The van der Waals surface area contributed by atoms with Crippen LogP contribution in [0.3, 0.4) is 0 Å². The number of nitrogens with zero attached hydrogens (tertiary/aromatic N) is 10. The second-order valence-corrected chi connectivity index (χ2v) is 21.9. The molecule has 1 unspecified atom stereocenters. The molecule has 0 spiro atoms. The number of rotatable bonds is 16. The molecule has 6 aromatic rings. The first kappa shape index (κ1) is 49.5. The van der Waals surface area contributed by atoms with Crippen molar-refractivity contribution in [2.24, 2.45) is 17.8 Å². The molecule has 2 aliphatic carbocycles. The predicted octanol–water partition coefficient (Wildman–Crippen LogP) is 10.5. The van der Waals surface area contributed by atoms with Gasteiger partial charge in [0.05, 0.1) is 65.2 Å². The van der Waals surface area contributed by atoms with Gasteiger partial charge in [-0.15, -0.1) is 0 Å². The van der Waals surface area contributed by atoms with Crippen LogP contribution >= 0.6 is 0 Å². The van der Waals surface area contributed by atoms with Gasteiger partial charge < -0.3 is 24.0 Å². The number of aliphatic hydroxyl groups excluding tert-OH is 1. The Balaban J connectivity index is 0.000000172. The molecule has 11 nitrogen and oxygen atoms in total. The standard InChI is InChI=1S/C30H43N5.C28H39N5O/c1-22(2)18-34(28-15-7-11-25-12-8-16-31-30(25)28)21-29-32-26-13-5-6-14-27(26)35(29)20-24-10-9-17-33(19-24)23(3)4;1-21(2)31-15-7-8-22(18-31)19-33-25-12-4-3-11-24(25)30-27(33)20-32(16-17-34)26-13-5-9-23-10-6-14-29-28(23)26/h5-6,8,12-14,16,22-24,28H,7,9-11,15,17-21H2,1-4H3;3-4,6,10-12,14,21-22,26,34H,5,7-9,13,15-20H2,1-2H3/t24-,28?;22-,26-/m00/s1. The molecular formula is C58H82N10O. The van der Waals surface area contributed by atoms with Crippen molar-refractivity contribution in [2.75, 3.05) is 45.9 Å². The number of para-hydroxylation sites is 4. The summed E-state index contributed by atoms with van der Waals surface area (Å²) in [6.07, 6.45) is 16.0. The van der Waals surface area contributed by atoms with Crippen molar-refractivity contribution in [3.63, 3.8) is 0 Å². The van der Waals surface area contributed by atoms with Crippen LogP contribution in [0, 0.1) is 17.8 Å². The Hall–Kier alpha value is -4.52. The lowest BCUT2D eigenvalue weighted by Gasteiger charge is -2.37.